The molecule has 0 aromatic carbocycles. The van der Waals surface area contributed by atoms with E-state index in [-0.39, 0.29) is 11.8 Å². The largest absolute Gasteiger partial charge is 0.342 e. The molecule has 4 heteroatoms. The van der Waals surface area contributed by atoms with E-state index in [0.717, 1.165) is 31.5 Å². The van der Waals surface area contributed by atoms with Crippen LogP contribution in [0.2, 0.25) is 0 Å². The summed E-state index contributed by atoms with van der Waals surface area (Å²) >= 11 is 0. The molecule has 1 heterocycles. The summed E-state index contributed by atoms with van der Waals surface area (Å²) in [5, 5.41) is 0. The van der Waals surface area contributed by atoms with Crippen molar-refractivity contribution in [2.24, 2.45) is 11.7 Å². The lowest BCUT2D eigenvalue weighted by Gasteiger charge is -2.50. The summed E-state index contributed by atoms with van der Waals surface area (Å²) in [6.45, 7) is 6.09. The molecular weight excluding hydrogens is 238 g/mol. The Bertz CT molecular complexity index is 428. The fourth-order valence-electron chi connectivity index (χ4n) is 3.16. The first-order chi connectivity index (χ1) is 9.20. The van der Waals surface area contributed by atoms with E-state index in [1.165, 1.54) is 0 Å². The predicted molar refractivity (Wildman–Crippen MR) is 75.6 cm³/mol. The number of carbonyl (C=O) groups excluding carboxylic acids is 1. The van der Waals surface area contributed by atoms with Crippen molar-refractivity contribution in [2.45, 2.75) is 32.1 Å². The van der Waals surface area contributed by atoms with Crippen LogP contribution in [0.3, 0.4) is 0 Å². The molecule has 1 aliphatic carbocycles. The standard InChI is InChI=1S/C15H23N3O/c1-3-18(4-2)14(19)15(8-7-12(15)10-16)13-6-5-9-17-11-13/h5-6,9,11-12H,3-4,7-8,10,16H2,1-2H3/t12-,15-/m0/s1. The van der Waals surface area contributed by atoms with E-state index in [0.29, 0.717) is 6.54 Å². The summed E-state index contributed by atoms with van der Waals surface area (Å²) in [7, 11) is 0. The number of likely N-dealkylation sites (N-methyl/N-ethyl adjacent to an activating group) is 1. The van der Waals surface area contributed by atoms with Crippen molar-refractivity contribution < 1.29 is 4.79 Å². The second kappa shape index (κ2) is 5.70. The van der Waals surface area contributed by atoms with Crippen molar-refractivity contribution in [2.75, 3.05) is 19.6 Å². The van der Waals surface area contributed by atoms with Gasteiger partial charge in [-0.1, -0.05) is 6.07 Å². The van der Waals surface area contributed by atoms with Crippen molar-refractivity contribution in [3.63, 3.8) is 0 Å². The Morgan fingerprint density at radius 3 is 2.68 bits per heavy atom. The van der Waals surface area contributed by atoms with Crippen LogP contribution < -0.4 is 5.73 Å². The fourth-order valence-corrected chi connectivity index (χ4v) is 3.16. The zero-order valence-corrected chi connectivity index (χ0v) is 11.8. The molecule has 0 aliphatic heterocycles. The van der Waals surface area contributed by atoms with Gasteiger partial charge in [0, 0.05) is 25.5 Å². The monoisotopic (exact) mass is 261 g/mol. The predicted octanol–water partition coefficient (Wildman–Crippen LogP) is 1.56. The molecule has 19 heavy (non-hydrogen) atoms. The highest BCUT2D eigenvalue weighted by atomic mass is 16.2. The molecule has 2 rings (SSSR count). The molecule has 0 unspecified atom stereocenters. The van der Waals surface area contributed by atoms with Crippen LogP contribution in [0, 0.1) is 5.92 Å². The first kappa shape index (κ1) is 14.0. The number of amides is 1. The lowest BCUT2D eigenvalue weighted by Crippen LogP contribution is -2.58. The topological polar surface area (TPSA) is 59.2 Å². The van der Waals surface area contributed by atoms with Gasteiger partial charge in [0.1, 0.15) is 0 Å². The maximum absolute atomic E-state index is 12.9. The van der Waals surface area contributed by atoms with Crippen LogP contribution in [0.15, 0.2) is 24.5 Å². The van der Waals surface area contributed by atoms with Gasteiger partial charge in [0.25, 0.3) is 0 Å². The molecule has 0 radical (unpaired) electrons. The Balaban J connectivity index is 2.39. The van der Waals surface area contributed by atoms with Gasteiger partial charge in [-0.2, -0.15) is 0 Å². The number of aromatic nitrogens is 1. The van der Waals surface area contributed by atoms with E-state index in [4.69, 9.17) is 5.73 Å². The van der Waals surface area contributed by atoms with Crippen molar-refractivity contribution in [1.82, 2.24) is 9.88 Å². The molecule has 1 aromatic rings. The molecule has 4 nitrogen and oxygen atoms in total. The van der Waals surface area contributed by atoms with E-state index in [9.17, 15) is 4.79 Å². The third-order valence-electron chi connectivity index (χ3n) is 4.48. The van der Waals surface area contributed by atoms with Gasteiger partial charge in [-0.05, 0) is 50.8 Å². The summed E-state index contributed by atoms with van der Waals surface area (Å²) in [6, 6.07) is 3.91. The third-order valence-corrected chi connectivity index (χ3v) is 4.48. The summed E-state index contributed by atoms with van der Waals surface area (Å²) in [6.07, 6.45) is 5.48. The van der Waals surface area contributed by atoms with Gasteiger partial charge in [-0.3, -0.25) is 9.78 Å². The van der Waals surface area contributed by atoms with Crippen LogP contribution in [0.1, 0.15) is 32.3 Å². The highest BCUT2D eigenvalue weighted by Gasteiger charge is 2.54. The molecule has 2 atom stereocenters. The van der Waals surface area contributed by atoms with Gasteiger partial charge in [-0.15, -0.1) is 0 Å². The molecular formula is C15H23N3O. The smallest absolute Gasteiger partial charge is 0.233 e. The summed E-state index contributed by atoms with van der Waals surface area (Å²) in [4.78, 5) is 19.0. The van der Waals surface area contributed by atoms with Crippen molar-refractivity contribution in [3.05, 3.63) is 30.1 Å². The van der Waals surface area contributed by atoms with Gasteiger partial charge in [0.15, 0.2) is 0 Å². The maximum atomic E-state index is 12.9. The van der Waals surface area contributed by atoms with Crippen molar-refractivity contribution in [3.8, 4) is 0 Å². The molecule has 0 spiro atoms. The SMILES string of the molecule is CCN(CC)C(=O)[C@@]1(c2cccnc2)CC[C@H]1CN. The number of hydrogen-bond donors (Lipinski definition) is 1. The van der Waals surface area contributed by atoms with Crippen LogP contribution in [0.25, 0.3) is 0 Å². The van der Waals surface area contributed by atoms with Crippen LogP contribution in [-0.4, -0.2) is 35.4 Å². The minimum absolute atomic E-state index is 0.215. The third kappa shape index (κ3) is 2.14. The first-order valence-electron chi connectivity index (χ1n) is 7.10. The average molecular weight is 261 g/mol. The van der Waals surface area contributed by atoms with E-state index >= 15 is 0 Å². The Hall–Kier alpha value is -1.42. The zero-order chi connectivity index (χ0) is 13.9. The van der Waals surface area contributed by atoms with Gasteiger partial charge < -0.3 is 10.6 Å². The van der Waals surface area contributed by atoms with Crippen LogP contribution in [-0.2, 0) is 10.2 Å². The average Bonchev–Trinajstić information content (AvgIpc) is 2.41. The maximum Gasteiger partial charge on any atom is 0.233 e. The molecule has 1 saturated carbocycles. The second-order valence-corrected chi connectivity index (χ2v) is 5.16. The van der Waals surface area contributed by atoms with E-state index in [2.05, 4.69) is 4.98 Å². The normalized spacial score (nSPS) is 25.7. The van der Waals surface area contributed by atoms with Crippen LogP contribution in [0.5, 0.6) is 0 Å². The van der Waals surface area contributed by atoms with E-state index < -0.39 is 5.41 Å². The number of pyridine rings is 1. The Labute approximate surface area is 115 Å². The molecule has 0 bridgehead atoms. The molecule has 1 aromatic heterocycles. The molecule has 0 saturated heterocycles. The number of carbonyl (C=O) groups is 1. The van der Waals surface area contributed by atoms with Crippen LogP contribution in [0.4, 0.5) is 0 Å². The Morgan fingerprint density at radius 2 is 2.26 bits per heavy atom. The van der Waals surface area contributed by atoms with E-state index in [1.807, 2.05) is 37.1 Å². The lowest BCUT2D eigenvalue weighted by molar-refractivity contribution is -0.144. The fraction of sp³-hybridized carbons (Fsp3) is 0.600. The lowest BCUT2D eigenvalue weighted by atomic mass is 9.56. The molecule has 1 amide bonds. The summed E-state index contributed by atoms with van der Waals surface area (Å²) in [5.74, 6) is 0.456. The summed E-state index contributed by atoms with van der Waals surface area (Å²) < 4.78 is 0. The quantitative estimate of drug-likeness (QED) is 0.875. The van der Waals surface area contributed by atoms with Gasteiger partial charge in [-0.25, -0.2) is 0 Å². The first-order valence-corrected chi connectivity index (χ1v) is 7.10. The minimum Gasteiger partial charge on any atom is -0.342 e. The highest BCUT2D eigenvalue weighted by Crippen LogP contribution is 2.49. The van der Waals surface area contributed by atoms with Crippen molar-refractivity contribution in [1.29, 1.82) is 0 Å². The Morgan fingerprint density at radius 1 is 1.53 bits per heavy atom. The number of hydrogen-bond acceptors (Lipinski definition) is 3. The summed E-state index contributed by atoms with van der Waals surface area (Å²) in [5.41, 5.74) is 6.46. The van der Waals surface area contributed by atoms with Gasteiger partial charge in [0.2, 0.25) is 5.91 Å². The molecule has 1 aliphatic rings. The van der Waals surface area contributed by atoms with E-state index in [1.54, 1.807) is 6.20 Å². The molecule has 2 N–H and O–H groups in total. The van der Waals surface area contributed by atoms with Gasteiger partial charge >= 0.3 is 0 Å². The van der Waals surface area contributed by atoms with Gasteiger partial charge in [0.05, 0.1) is 5.41 Å². The highest BCUT2D eigenvalue weighted by molar-refractivity contribution is 5.89. The number of nitrogens with two attached hydrogens (primary N) is 1. The number of nitrogens with zero attached hydrogens (tertiary/aromatic N) is 2. The molecule has 104 valence electrons. The minimum atomic E-state index is -0.435. The van der Waals surface area contributed by atoms with Crippen molar-refractivity contribution >= 4 is 5.91 Å². The Kier molecular flexibility index (Phi) is 4.20. The molecule has 1 fully saturated rings. The number of rotatable bonds is 5. The van der Waals surface area contributed by atoms with Crippen LogP contribution >= 0.6 is 0 Å². The zero-order valence-electron chi connectivity index (χ0n) is 11.8. The second-order valence-electron chi connectivity index (χ2n) is 5.16.